The average molecular weight is 376 g/mol. The molecule has 0 spiro atoms. The predicted molar refractivity (Wildman–Crippen MR) is 98.2 cm³/mol. The van der Waals surface area contributed by atoms with Gasteiger partial charge in [-0.05, 0) is 43.7 Å². The van der Waals surface area contributed by atoms with E-state index in [1.807, 2.05) is 6.92 Å². The third-order valence-corrected chi connectivity index (χ3v) is 5.15. The second kappa shape index (κ2) is 7.25. The molecule has 0 aliphatic carbocycles. The minimum absolute atomic E-state index is 0.0139. The molecular weight excluding hydrogens is 356 g/mol. The van der Waals surface area contributed by atoms with Crippen molar-refractivity contribution < 1.29 is 22.7 Å². The Labute approximate surface area is 152 Å². The number of fused-ring (bicyclic) bond motifs is 1. The van der Waals surface area contributed by atoms with Crippen molar-refractivity contribution in [2.75, 3.05) is 16.6 Å². The van der Waals surface area contributed by atoms with Gasteiger partial charge in [0.1, 0.15) is 11.5 Å². The van der Waals surface area contributed by atoms with Crippen LogP contribution in [-0.4, -0.2) is 27.0 Å². The molecule has 0 saturated carbocycles. The highest BCUT2D eigenvalue weighted by Gasteiger charge is 2.26. The number of para-hydroxylation sites is 2. The van der Waals surface area contributed by atoms with E-state index in [0.717, 1.165) is 6.42 Å². The lowest BCUT2D eigenvalue weighted by Gasteiger charge is -2.23. The van der Waals surface area contributed by atoms with Crippen LogP contribution in [0.4, 0.5) is 11.4 Å². The summed E-state index contributed by atoms with van der Waals surface area (Å²) < 4.78 is 39.0. The van der Waals surface area contributed by atoms with Crippen molar-refractivity contribution in [1.82, 2.24) is 0 Å². The van der Waals surface area contributed by atoms with Gasteiger partial charge in [-0.1, -0.05) is 19.1 Å². The predicted octanol–water partition coefficient (Wildman–Crippen LogP) is 3.00. The summed E-state index contributed by atoms with van der Waals surface area (Å²) in [6, 6.07) is 11.2. The maximum absolute atomic E-state index is 12.7. The number of sulfonamides is 1. The van der Waals surface area contributed by atoms with E-state index >= 15 is 0 Å². The van der Waals surface area contributed by atoms with E-state index in [4.69, 9.17) is 9.47 Å². The van der Waals surface area contributed by atoms with Crippen LogP contribution in [0.3, 0.4) is 0 Å². The fraction of sp³-hybridized carbons (Fsp3) is 0.278. The Hall–Kier alpha value is -2.74. The summed E-state index contributed by atoms with van der Waals surface area (Å²) in [5.74, 6) is 0.572. The van der Waals surface area contributed by atoms with Crippen molar-refractivity contribution in [2.45, 2.75) is 31.3 Å². The molecule has 0 radical (unpaired) electrons. The zero-order valence-electron chi connectivity index (χ0n) is 14.5. The third-order valence-electron chi connectivity index (χ3n) is 3.79. The van der Waals surface area contributed by atoms with Crippen molar-refractivity contribution in [2.24, 2.45) is 0 Å². The first-order valence-electron chi connectivity index (χ1n) is 8.27. The average Bonchev–Trinajstić information content (AvgIpc) is 2.61. The Kier molecular flexibility index (Phi) is 5.03. The SMILES string of the molecule is CCCOc1ccccc1NS(=O)(=O)c1ccc2c(c1)NC(=O)C(C)O2. The molecular formula is C18H20N2O5S. The highest BCUT2D eigenvalue weighted by atomic mass is 32.2. The first kappa shape index (κ1) is 18.1. The van der Waals surface area contributed by atoms with Gasteiger partial charge in [0.25, 0.3) is 15.9 Å². The second-order valence-electron chi connectivity index (χ2n) is 5.86. The van der Waals surface area contributed by atoms with Gasteiger partial charge in [0.15, 0.2) is 6.10 Å². The smallest absolute Gasteiger partial charge is 0.265 e. The molecule has 2 N–H and O–H groups in total. The molecule has 1 amide bonds. The summed E-state index contributed by atoms with van der Waals surface area (Å²) in [5, 5.41) is 2.64. The number of benzene rings is 2. The van der Waals surface area contributed by atoms with E-state index in [1.165, 1.54) is 18.2 Å². The zero-order chi connectivity index (χ0) is 18.7. The highest BCUT2D eigenvalue weighted by molar-refractivity contribution is 7.92. The van der Waals surface area contributed by atoms with E-state index in [-0.39, 0.29) is 10.8 Å². The van der Waals surface area contributed by atoms with Crippen LogP contribution in [-0.2, 0) is 14.8 Å². The minimum atomic E-state index is -3.86. The second-order valence-corrected chi connectivity index (χ2v) is 7.54. The molecule has 0 fully saturated rings. The molecule has 26 heavy (non-hydrogen) atoms. The number of ether oxygens (including phenoxy) is 2. The van der Waals surface area contributed by atoms with Gasteiger partial charge in [0.2, 0.25) is 0 Å². The summed E-state index contributed by atoms with van der Waals surface area (Å²) in [6.07, 6.45) is 0.190. The van der Waals surface area contributed by atoms with E-state index in [2.05, 4.69) is 10.0 Å². The monoisotopic (exact) mass is 376 g/mol. The molecule has 1 aliphatic heterocycles. The lowest BCUT2D eigenvalue weighted by molar-refractivity contribution is -0.122. The summed E-state index contributed by atoms with van der Waals surface area (Å²) >= 11 is 0. The van der Waals surface area contributed by atoms with E-state index in [9.17, 15) is 13.2 Å². The zero-order valence-corrected chi connectivity index (χ0v) is 15.3. The number of nitrogens with one attached hydrogen (secondary N) is 2. The normalized spacial score (nSPS) is 16.2. The molecule has 0 saturated heterocycles. The van der Waals surface area contributed by atoms with E-state index < -0.39 is 16.1 Å². The van der Waals surface area contributed by atoms with Crippen LogP contribution in [0.25, 0.3) is 0 Å². The van der Waals surface area contributed by atoms with Gasteiger partial charge >= 0.3 is 0 Å². The van der Waals surface area contributed by atoms with E-state index in [0.29, 0.717) is 29.5 Å². The van der Waals surface area contributed by atoms with Crippen molar-refractivity contribution in [3.63, 3.8) is 0 Å². The van der Waals surface area contributed by atoms with Crippen LogP contribution in [0.1, 0.15) is 20.3 Å². The topological polar surface area (TPSA) is 93.7 Å². The van der Waals surface area contributed by atoms with Gasteiger partial charge in [-0.3, -0.25) is 9.52 Å². The van der Waals surface area contributed by atoms with Gasteiger partial charge < -0.3 is 14.8 Å². The molecule has 0 aromatic heterocycles. The largest absolute Gasteiger partial charge is 0.491 e. The van der Waals surface area contributed by atoms with Gasteiger partial charge in [0, 0.05) is 0 Å². The molecule has 1 heterocycles. The highest BCUT2D eigenvalue weighted by Crippen LogP contribution is 2.33. The molecule has 8 heteroatoms. The molecule has 1 atom stereocenters. The van der Waals surface area contributed by atoms with Gasteiger partial charge in [-0.25, -0.2) is 8.42 Å². The Bertz CT molecular complexity index is 927. The first-order chi connectivity index (χ1) is 12.4. The summed E-state index contributed by atoms with van der Waals surface area (Å²) in [6.45, 7) is 4.08. The van der Waals surface area contributed by atoms with Crippen LogP contribution < -0.4 is 19.5 Å². The fourth-order valence-corrected chi connectivity index (χ4v) is 3.54. The fourth-order valence-electron chi connectivity index (χ4n) is 2.45. The van der Waals surface area contributed by atoms with Crippen molar-refractivity contribution in [3.8, 4) is 11.5 Å². The Morgan fingerprint density at radius 2 is 2.00 bits per heavy atom. The summed E-state index contributed by atoms with van der Waals surface area (Å²) in [5.41, 5.74) is 0.680. The molecule has 3 rings (SSSR count). The summed E-state index contributed by atoms with van der Waals surface area (Å²) in [4.78, 5) is 11.8. The number of carbonyl (C=O) groups excluding carboxylic acids is 1. The van der Waals surface area contributed by atoms with Crippen LogP contribution in [0.2, 0.25) is 0 Å². The van der Waals surface area contributed by atoms with Gasteiger partial charge in [-0.15, -0.1) is 0 Å². The Balaban J connectivity index is 1.88. The third kappa shape index (κ3) is 3.75. The molecule has 7 nitrogen and oxygen atoms in total. The molecule has 1 unspecified atom stereocenters. The van der Waals surface area contributed by atoms with Crippen molar-refractivity contribution in [3.05, 3.63) is 42.5 Å². The van der Waals surface area contributed by atoms with Crippen molar-refractivity contribution in [1.29, 1.82) is 0 Å². The van der Waals surface area contributed by atoms with Crippen LogP contribution in [0, 0.1) is 0 Å². The van der Waals surface area contributed by atoms with E-state index in [1.54, 1.807) is 31.2 Å². The van der Waals surface area contributed by atoms with Crippen LogP contribution in [0.15, 0.2) is 47.4 Å². The standard InChI is InChI=1S/C18H20N2O5S/c1-3-10-24-16-7-5-4-6-14(16)20-26(22,23)13-8-9-17-15(11-13)19-18(21)12(2)25-17/h4-9,11-12,20H,3,10H2,1-2H3,(H,19,21). The number of anilines is 2. The molecule has 0 bridgehead atoms. The molecule has 2 aromatic rings. The van der Waals surface area contributed by atoms with Crippen LogP contribution in [0.5, 0.6) is 11.5 Å². The first-order valence-corrected chi connectivity index (χ1v) is 9.75. The van der Waals surface area contributed by atoms with Crippen LogP contribution >= 0.6 is 0 Å². The number of carbonyl (C=O) groups is 1. The maximum Gasteiger partial charge on any atom is 0.265 e. The number of hydrogen-bond acceptors (Lipinski definition) is 5. The lowest BCUT2D eigenvalue weighted by Crippen LogP contribution is -2.34. The van der Waals surface area contributed by atoms with Gasteiger partial charge in [-0.2, -0.15) is 0 Å². The summed E-state index contributed by atoms with van der Waals surface area (Å²) in [7, 11) is -3.86. The lowest BCUT2D eigenvalue weighted by atomic mass is 10.2. The van der Waals surface area contributed by atoms with Gasteiger partial charge in [0.05, 0.1) is 22.9 Å². The van der Waals surface area contributed by atoms with Crippen molar-refractivity contribution >= 4 is 27.3 Å². The molecule has 138 valence electrons. The number of rotatable bonds is 6. The molecule has 2 aromatic carbocycles. The molecule has 1 aliphatic rings. The Morgan fingerprint density at radius 3 is 2.77 bits per heavy atom. The maximum atomic E-state index is 12.7. The quantitative estimate of drug-likeness (QED) is 0.808. The number of amides is 1. The Morgan fingerprint density at radius 1 is 1.23 bits per heavy atom. The number of hydrogen-bond donors (Lipinski definition) is 2. The minimum Gasteiger partial charge on any atom is -0.491 e.